The zero-order valence-electron chi connectivity index (χ0n) is 12.5. The molecule has 2 N–H and O–H groups in total. The summed E-state index contributed by atoms with van der Waals surface area (Å²) in [5.74, 6) is 0. The number of anilines is 2. The monoisotopic (exact) mass is 304 g/mol. The molecule has 0 amide bonds. The Morgan fingerprint density at radius 3 is 2.14 bits per heavy atom. The molecule has 21 heavy (non-hydrogen) atoms. The zero-order valence-corrected chi connectivity index (χ0v) is 13.3. The molecule has 5 heteroatoms. The molecule has 2 rings (SSSR count). The molecule has 0 heterocycles. The van der Waals surface area contributed by atoms with Gasteiger partial charge in [-0.15, -0.1) is 0 Å². The summed E-state index contributed by atoms with van der Waals surface area (Å²) in [7, 11) is -3.25. The maximum Gasteiger partial charge on any atom is 0.229 e. The van der Waals surface area contributed by atoms with Crippen LogP contribution in [0, 0.1) is 13.8 Å². The van der Waals surface area contributed by atoms with E-state index in [1.165, 1.54) is 16.7 Å². The van der Waals surface area contributed by atoms with Crippen molar-refractivity contribution in [2.24, 2.45) is 0 Å². The van der Waals surface area contributed by atoms with E-state index in [9.17, 15) is 8.42 Å². The molecule has 2 aromatic rings. The first-order valence-corrected chi connectivity index (χ1v) is 8.61. The van der Waals surface area contributed by atoms with Crippen LogP contribution in [-0.2, 0) is 16.6 Å². The highest BCUT2D eigenvalue weighted by molar-refractivity contribution is 7.92. The van der Waals surface area contributed by atoms with Gasteiger partial charge in [0.25, 0.3) is 0 Å². The molecule has 2 aromatic carbocycles. The van der Waals surface area contributed by atoms with Crippen LogP contribution in [-0.4, -0.2) is 14.7 Å². The molecule has 0 aromatic heterocycles. The third-order valence-corrected chi connectivity index (χ3v) is 3.89. The molecule has 0 radical (unpaired) electrons. The number of hydrogen-bond donors (Lipinski definition) is 2. The zero-order chi connectivity index (χ0) is 15.5. The molecular weight excluding hydrogens is 284 g/mol. The predicted octanol–water partition coefficient (Wildman–Crippen LogP) is 3.29. The van der Waals surface area contributed by atoms with Crippen molar-refractivity contribution in [1.29, 1.82) is 0 Å². The third kappa shape index (κ3) is 4.49. The summed E-state index contributed by atoms with van der Waals surface area (Å²) in [5, 5.41) is 3.33. The molecule has 112 valence electrons. The number of nitrogens with one attached hydrogen (secondary N) is 2. The van der Waals surface area contributed by atoms with E-state index in [1.807, 2.05) is 18.2 Å². The standard InChI is InChI=1S/C16H20N2O2S/c1-12-6-4-7-13(2)16(12)11-17-14-8-5-9-15(10-14)18-21(3,19)20/h4-10,17-18H,11H2,1-3H3. The minimum Gasteiger partial charge on any atom is -0.381 e. The highest BCUT2D eigenvalue weighted by atomic mass is 32.2. The lowest BCUT2D eigenvalue weighted by atomic mass is 10.0. The third-order valence-electron chi connectivity index (χ3n) is 3.28. The average Bonchev–Trinajstić information content (AvgIpc) is 2.36. The molecule has 4 nitrogen and oxygen atoms in total. The molecule has 0 aliphatic rings. The lowest BCUT2D eigenvalue weighted by molar-refractivity contribution is 0.607. The maximum absolute atomic E-state index is 11.2. The van der Waals surface area contributed by atoms with Gasteiger partial charge in [0.1, 0.15) is 0 Å². The SMILES string of the molecule is Cc1cccc(C)c1CNc1cccc(NS(C)(=O)=O)c1. The Balaban J connectivity index is 2.12. The molecular formula is C16H20N2O2S. The van der Waals surface area contributed by atoms with Crippen molar-refractivity contribution in [1.82, 2.24) is 0 Å². The molecule has 0 unspecified atom stereocenters. The maximum atomic E-state index is 11.2. The Bertz CT molecular complexity index is 719. The minimum atomic E-state index is -3.25. The van der Waals surface area contributed by atoms with Crippen molar-refractivity contribution in [3.63, 3.8) is 0 Å². The summed E-state index contributed by atoms with van der Waals surface area (Å²) in [6.07, 6.45) is 1.14. The van der Waals surface area contributed by atoms with E-state index in [0.29, 0.717) is 12.2 Å². The summed E-state index contributed by atoms with van der Waals surface area (Å²) in [4.78, 5) is 0. The van der Waals surface area contributed by atoms with Gasteiger partial charge in [0.15, 0.2) is 0 Å². The molecule has 0 spiro atoms. The Morgan fingerprint density at radius 2 is 1.52 bits per heavy atom. The Morgan fingerprint density at radius 1 is 0.952 bits per heavy atom. The first-order chi connectivity index (χ1) is 9.85. The van der Waals surface area contributed by atoms with Crippen molar-refractivity contribution in [2.45, 2.75) is 20.4 Å². The van der Waals surface area contributed by atoms with Gasteiger partial charge in [0, 0.05) is 12.2 Å². The first-order valence-electron chi connectivity index (χ1n) is 6.72. The van der Waals surface area contributed by atoms with Gasteiger partial charge < -0.3 is 5.32 Å². The molecule has 0 atom stereocenters. The van der Waals surface area contributed by atoms with Crippen LogP contribution in [0.5, 0.6) is 0 Å². The lowest BCUT2D eigenvalue weighted by Crippen LogP contribution is -2.10. The van der Waals surface area contributed by atoms with E-state index in [0.717, 1.165) is 11.9 Å². The van der Waals surface area contributed by atoms with Gasteiger partial charge in [-0.2, -0.15) is 0 Å². The van der Waals surface area contributed by atoms with Gasteiger partial charge in [-0.05, 0) is 48.7 Å². The van der Waals surface area contributed by atoms with Gasteiger partial charge in [0.05, 0.1) is 11.9 Å². The summed E-state index contributed by atoms with van der Waals surface area (Å²) in [6.45, 7) is 4.89. The smallest absolute Gasteiger partial charge is 0.229 e. The van der Waals surface area contributed by atoms with Crippen molar-refractivity contribution >= 4 is 21.4 Å². The van der Waals surface area contributed by atoms with Crippen LogP contribution in [0.1, 0.15) is 16.7 Å². The number of aryl methyl sites for hydroxylation is 2. The van der Waals surface area contributed by atoms with E-state index < -0.39 is 10.0 Å². The van der Waals surface area contributed by atoms with Crippen LogP contribution in [0.4, 0.5) is 11.4 Å². The topological polar surface area (TPSA) is 58.2 Å². The van der Waals surface area contributed by atoms with Crippen LogP contribution < -0.4 is 10.0 Å². The number of benzene rings is 2. The Labute approximate surface area is 126 Å². The van der Waals surface area contributed by atoms with E-state index in [1.54, 1.807) is 12.1 Å². The highest BCUT2D eigenvalue weighted by Crippen LogP contribution is 2.19. The second-order valence-electron chi connectivity index (χ2n) is 5.18. The fraction of sp³-hybridized carbons (Fsp3) is 0.250. The van der Waals surface area contributed by atoms with Gasteiger partial charge >= 0.3 is 0 Å². The second-order valence-corrected chi connectivity index (χ2v) is 6.93. The Hall–Kier alpha value is -2.01. The number of rotatable bonds is 5. The van der Waals surface area contributed by atoms with E-state index in [4.69, 9.17) is 0 Å². The normalized spacial score (nSPS) is 11.2. The molecule has 0 saturated carbocycles. The van der Waals surface area contributed by atoms with Gasteiger partial charge in [-0.25, -0.2) is 8.42 Å². The second kappa shape index (κ2) is 6.18. The summed E-state index contributed by atoms with van der Waals surface area (Å²) in [6, 6.07) is 13.5. The summed E-state index contributed by atoms with van der Waals surface area (Å²) in [5.41, 5.74) is 5.19. The fourth-order valence-electron chi connectivity index (χ4n) is 2.22. The summed E-state index contributed by atoms with van der Waals surface area (Å²) < 4.78 is 25.0. The number of hydrogen-bond acceptors (Lipinski definition) is 3. The van der Waals surface area contributed by atoms with Crippen molar-refractivity contribution in [2.75, 3.05) is 16.3 Å². The van der Waals surface area contributed by atoms with Crippen LogP contribution >= 0.6 is 0 Å². The van der Waals surface area contributed by atoms with Crippen LogP contribution in [0.2, 0.25) is 0 Å². The predicted molar refractivity (Wildman–Crippen MR) is 88.2 cm³/mol. The fourth-order valence-corrected chi connectivity index (χ4v) is 2.78. The van der Waals surface area contributed by atoms with Crippen LogP contribution in [0.25, 0.3) is 0 Å². The quantitative estimate of drug-likeness (QED) is 0.891. The van der Waals surface area contributed by atoms with E-state index in [2.05, 4.69) is 36.0 Å². The average molecular weight is 304 g/mol. The van der Waals surface area contributed by atoms with E-state index in [-0.39, 0.29) is 0 Å². The van der Waals surface area contributed by atoms with Crippen LogP contribution in [0.15, 0.2) is 42.5 Å². The number of sulfonamides is 1. The molecule has 0 bridgehead atoms. The summed E-state index contributed by atoms with van der Waals surface area (Å²) >= 11 is 0. The molecule has 0 aliphatic heterocycles. The van der Waals surface area contributed by atoms with E-state index >= 15 is 0 Å². The van der Waals surface area contributed by atoms with Crippen LogP contribution in [0.3, 0.4) is 0 Å². The van der Waals surface area contributed by atoms with Crippen molar-refractivity contribution < 1.29 is 8.42 Å². The molecule has 0 aliphatic carbocycles. The highest BCUT2D eigenvalue weighted by Gasteiger charge is 2.04. The van der Waals surface area contributed by atoms with Gasteiger partial charge in [0.2, 0.25) is 10.0 Å². The minimum absolute atomic E-state index is 0.559. The first kappa shape index (κ1) is 15.4. The Kier molecular flexibility index (Phi) is 4.53. The molecule has 0 saturated heterocycles. The van der Waals surface area contributed by atoms with Crippen molar-refractivity contribution in [3.8, 4) is 0 Å². The lowest BCUT2D eigenvalue weighted by Gasteiger charge is -2.13. The van der Waals surface area contributed by atoms with Crippen molar-refractivity contribution in [3.05, 3.63) is 59.2 Å². The van der Waals surface area contributed by atoms with Gasteiger partial charge in [-0.1, -0.05) is 24.3 Å². The largest absolute Gasteiger partial charge is 0.381 e. The van der Waals surface area contributed by atoms with Gasteiger partial charge in [-0.3, -0.25) is 4.72 Å². The molecule has 0 fully saturated rings.